The maximum absolute atomic E-state index is 12.2. The van der Waals surface area contributed by atoms with Gasteiger partial charge in [-0.05, 0) is 18.6 Å². The van der Waals surface area contributed by atoms with Crippen molar-refractivity contribution in [2.24, 2.45) is 0 Å². The van der Waals surface area contributed by atoms with Gasteiger partial charge < -0.3 is 25.4 Å². The summed E-state index contributed by atoms with van der Waals surface area (Å²) in [5.41, 5.74) is 0.751. The fourth-order valence-corrected chi connectivity index (χ4v) is 2.52. The molecule has 23 heavy (non-hydrogen) atoms. The van der Waals surface area contributed by atoms with Crippen LogP contribution < -0.4 is 20.3 Å². The Kier molecular flexibility index (Phi) is 5.81. The standard InChI is InChI=1S/C16H23N3O4/c1-3-11(10-20)17-16(22)18-12-7-15(21)19(9-12)13-5-4-6-14(8-13)23-2/h4-6,8,11-12,20H,3,7,9-10H2,1-2H3,(H2,17,18,22)/t11-,12+/m1/s1. The maximum atomic E-state index is 12.2. The summed E-state index contributed by atoms with van der Waals surface area (Å²) in [6, 6.07) is 6.36. The normalized spacial score (nSPS) is 18.7. The van der Waals surface area contributed by atoms with E-state index in [0.29, 0.717) is 18.7 Å². The van der Waals surface area contributed by atoms with Crippen LogP contribution in [0.2, 0.25) is 0 Å². The molecule has 7 nitrogen and oxygen atoms in total. The molecular formula is C16H23N3O4. The topological polar surface area (TPSA) is 90.9 Å². The predicted octanol–water partition coefficient (Wildman–Crippen LogP) is 0.871. The number of nitrogens with zero attached hydrogens (tertiary/aromatic N) is 1. The summed E-state index contributed by atoms with van der Waals surface area (Å²) in [5.74, 6) is 0.635. The molecule has 0 saturated carbocycles. The number of methoxy groups -OCH3 is 1. The number of carbonyl (C=O) groups is 2. The highest BCUT2D eigenvalue weighted by atomic mass is 16.5. The molecule has 1 aromatic rings. The highest BCUT2D eigenvalue weighted by Gasteiger charge is 2.31. The smallest absolute Gasteiger partial charge is 0.315 e. The fourth-order valence-electron chi connectivity index (χ4n) is 2.52. The van der Waals surface area contributed by atoms with Gasteiger partial charge in [0, 0.05) is 24.7 Å². The number of urea groups is 1. The molecule has 0 spiro atoms. The van der Waals surface area contributed by atoms with Crippen LogP contribution in [0.1, 0.15) is 19.8 Å². The third-order valence-corrected chi connectivity index (χ3v) is 3.87. The summed E-state index contributed by atoms with van der Waals surface area (Å²) in [7, 11) is 1.57. The maximum Gasteiger partial charge on any atom is 0.315 e. The monoisotopic (exact) mass is 321 g/mol. The average Bonchev–Trinajstić information content (AvgIpc) is 2.92. The first-order valence-electron chi connectivity index (χ1n) is 7.69. The number of carbonyl (C=O) groups excluding carboxylic acids is 2. The summed E-state index contributed by atoms with van der Waals surface area (Å²) < 4.78 is 5.17. The summed E-state index contributed by atoms with van der Waals surface area (Å²) in [6.45, 7) is 2.18. The van der Waals surface area contributed by atoms with Crippen LogP contribution in [0.5, 0.6) is 5.75 Å². The van der Waals surface area contributed by atoms with E-state index in [1.54, 1.807) is 18.1 Å². The lowest BCUT2D eigenvalue weighted by Crippen LogP contribution is -2.48. The first-order chi connectivity index (χ1) is 11.1. The molecular weight excluding hydrogens is 298 g/mol. The Morgan fingerprint density at radius 3 is 2.96 bits per heavy atom. The van der Waals surface area contributed by atoms with Crippen LogP contribution in [0.3, 0.4) is 0 Å². The van der Waals surface area contributed by atoms with Crippen molar-refractivity contribution in [1.29, 1.82) is 0 Å². The van der Waals surface area contributed by atoms with Crippen molar-refractivity contribution in [3.63, 3.8) is 0 Å². The van der Waals surface area contributed by atoms with Crippen molar-refractivity contribution < 1.29 is 19.4 Å². The number of anilines is 1. The van der Waals surface area contributed by atoms with Gasteiger partial charge in [0.25, 0.3) is 0 Å². The summed E-state index contributed by atoms with van der Waals surface area (Å²) >= 11 is 0. The van der Waals surface area contributed by atoms with E-state index in [0.717, 1.165) is 5.69 Å². The zero-order valence-corrected chi connectivity index (χ0v) is 13.4. The average molecular weight is 321 g/mol. The Bertz CT molecular complexity index is 560. The molecule has 3 N–H and O–H groups in total. The van der Waals surface area contributed by atoms with Gasteiger partial charge in [-0.15, -0.1) is 0 Å². The first-order valence-corrected chi connectivity index (χ1v) is 7.69. The second kappa shape index (κ2) is 7.82. The Balaban J connectivity index is 1.95. The van der Waals surface area contributed by atoms with Crippen LogP contribution in [-0.4, -0.2) is 49.4 Å². The van der Waals surface area contributed by atoms with E-state index in [-0.39, 0.29) is 37.0 Å². The van der Waals surface area contributed by atoms with E-state index in [1.165, 1.54) is 0 Å². The Labute approximate surface area is 135 Å². The van der Waals surface area contributed by atoms with Crippen molar-refractivity contribution in [3.8, 4) is 5.75 Å². The first kappa shape index (κ1) is 17.1. The van der Waals surface area contributed by atoms with E-state index >= 15 is 0 Å². The molecule has 3 amide bonds. The van der Waals surface area contributed by atoms with Gasteiger partial charge in [0.15, 0.2) is 0 Å². The van der Waals surface area contributed by atoms with Crippen molar-refractivity contribution >= 4 is 17.6 Å². The van der Waals surface area contributed by atoms with Gasteiger partial charge in [-0.1, -0.05) is 13.0 Å². The molecule has 7 heteroatoms. The van der Waals surface area contributed by atoms with Crippen LogP contribution >= 0.6 is 0 Å². The van der Waals surface area contributed by atoms with E-state index in [4.69, 9.17) is 9.84 Å². The van der Waals surface area contributed by atoms with E-state index in [2.05, 4.69) is 10.6 Å². The van der Waals surface area contributed by atoms with Crippen molar-refractivity contribution in [1.82, 2.24) is 10.6 Å². The van der Waals surface area contributed by atoms with Gasteiger partial charge in [-0.25, -0.2) is 4.79 Å². The molecule has 0 aliphatic carbocycles. The van der Waals surface area contributed by atoms with Gasteiger partial charge in [0.05, 0.1) is 25.8 Å². The van der Waals surface area contributed by atoms with Crippen LogP contribution in [0.25, 0.3) is 0 Å². The number of aliphatic hydroxyl groups is 1. The molecule has 1 saturated heterocycles. The lowest BCUT2D eigenvalue weighted by atomic mass is 10.2. The number of rotatable bonds is 6. The number of nitrogens with one attached hydrogen (secondary N) is 2. The summed E-state index contributed by atoms with van der Waals surface area (Å²) in [6.07, 6.45) is 0.893. The molecule has 2 rings (SSSR count). The molecule has 0 radical (unpaired) electrons. The van der Waals surface area contributed by atoms with E-state index in [9.17, 15) is 9.59 Å². The van der Waals surface area contributed by atoms with Crippen LogP contribution in [-0.2, 0) is 4.79 Å². The number of aliphatic hydroxyl groups excluding tert-OH is 1. The Morgan fingerprint density at radius 1 is 1.52 bits per heavy atom. The molecule has 2 atom stereocenters. The lowest BCUT2D eigenvalue weighted by Gasteiger charge is -2.19. The minimum absolute atomic E-state index is 0.0437. The van der Waals surface area contributed by atoms with Gasteiger partial charge in [-0.3, -0.25) is 4.79 Å². The second-order valence-corrected chi connectivity index (χ2v) is 5.51. The molecule has 0 aromatic heterocycles. The minimum atomic E-state index is -0.365. The Hall–Kier alpha value is -2.28. The van der Waals surface area contributed by atoms with Crippen LogP contribution in [0, 0.1) is 0 Å². The molecule has 1 aliphatic heterocycles. The third-order valence-electron chi connectivity index (χ3n) is 3.87. The van der Waals surface area contributed by atoms with Crippen molar-refractivity contribution in [2.75, 3.05) is 25.2 Å². The van der Waals surface area contributed by atoms with Gasteiger partial charge in [0.2, 0.25) is 5.91 Å². The number of hydrogen-bond donors (Lipinski definition) is 3. The number of benzene rings is 1. The molecule has 0 unspecified atom stereocenters. The number of hydrogen-bond acceptors (Lipinski definition) is 4. The van der Waals surface area contributed by atoms with E-state index in [1.807, 2.05) is 25.1 Å². The third kappa shape index (κ3) is 4.35. The highest BCUT2D eigenvalue weighted by Crippen LogP contribution is 2.25. The molecule has 1 fully saturated rings. The van der Waals surface area contributed by atoms with Gasteiger partial charge >= 0.3 is 6.03 Å². The van der Waals surface area contributed by atoms with Gasteiger partial charge in [-0.2, -0.15) is 0 Å². The summed E-state index contributed by atoms with van der Waals surface area (Å²) in [5, 5.41) is 14.6. The van der Waals surface area contributed by atoms with Crippen LogP contribution in [0.4, 0.5) is 10.5 Å². The summed E-state index contributed by atoms with van der Waals surface area (Å²) in [4.78, 5) is 25.7. The largest absolute Gasteiger partial charge is 0.497 e. The number of amides is 3. The lowest BCUT2D eigenvalue weighted by molar-refractivity contribution is -0.117. The minimum Gasteiger partial charge on any atom is -0.497 e. The van der Waals surface area contributed by atoms with Crippen molar-refractivity contribution in [3.05, 3.63) is 24.3 Å². The zero-order valence-electron chi connectivity index (χ0n) is 13.4. The van der Waals surface area contributed by atoms with Crippen LogP contribution in [0.15, 0.2) is 24.3 Å². The van der Waals surface area contributed by atoms with E-state index < -0.39 is 0 Å². The van der Waals surface area contributed by atoms with Gasteiger partial charge in [0.1, 0.15) is 5.75 Å². The number of ether oxygens (including phenoxy) is 1. The molecule has 1 heterocycles. The van der Waals surface area contributed by atoms with Crippen molar-refractivity contribution in [2.45, 2.75) is 31.8 Å². The predicted molar refractivity (Wildman–Crippen MR) is 86.6 cm³/mol. The quantitative estimate of drug-likeness (QED) is 0.725. The molecule has 126 valence electrons. The molecule has 1 aliphatic rings. The Morgan fingerprint density at radius 2 is 2.30 bits per heavy atom. The SMILES string of the molecule is CC[C@H](CO)NC(=O)N[C@H]1CC(=O)N(c2cccc(OC)c2)C1. The molecule has 0 bridgehead atoms. The molecule has 1 aromatic carbocycles. The highest BCUT2D eigenvalue weighted by molar-refractivity contribution is 5.97. The fraction of sp³-hybridized carbons (Fsp3) is 0.500. The second-order valence-electron chi connectivity index (χ2n) is 5.51. The zero-order chi connectivity index (χ0) is 16.8.